The van der Waals surface area contributed by atoms with Crippen LogP contribution in [0.1, 0.15) is 44.4 Å². The molecule has 0 aromatic carbocycles. The van der Waals surface area contributed by atoms with Crippen LogP contribution in [0.4, 0.5) is 0 Å². The molecule has 0 unspecified atom stereocenters. The molecule has 1 aromatic rings. The molecule has 0 amide bonds. The van der Waals surface area contributed by atoms with Crippen molar-refractivity contribution in [3.63, 3.8) is 0 Å². The number of aromatic nitrogens is 2. The molecule has 1 aliphatic carbocycles. The smallest absolute Gasteiger partial charge is 0.305 e. The van der Waals surface area contributed by atoms with E-state index in [1.165, 1.54) is 0 Å². The van der Waals surface area contributed by atoms with Crippen LogP contribution in [-0.2, 0) is 16.6 Å². The van der Waals surface area contributed by atoms with Gasteiger partial charge in [-0.05, 0) is 18.9 Å². The molecule has 0 radical (unpaired) electrons. The molecule has 6 heteroatoms. The van der Waals surface area contributed by atoms with Crippen molar-refractivity contribution in [2.45, 2.75) is 40.0 Å². The average Bonchev–Trinajstić information content (AvgIpc) is 2.63. The van der Waals surface area contributed by atoms with Gasteiger partial charge in [-0.1, -0.05) is 31.5 Å². The minimum Gasteiger partial charge on any atom is -0.481 e. The minimum absolute atomic E-state index is 0.231. The van der Waals surface area contributed by atoms with Crippen molar-refractivity contribution in [2.75, 3.05) is 0 Å². The van der Waals surface area contributed by atoms with Crippen LogP contribution in [0.25, 0.3) is 5.57 Å². The second kappa shape index (κ2) is 7.41. The fourth-order valence-corrected chi connectivity index (χ4v) is 2.26. The number of carboxylic acids is 1. The van der Waals surface area contributed by atoms with Gasteiger partial charge in [-0.15, -0.1) is 0 Å². The zero-order valence-electron chi connectivity index (χ0n) is 12.8. The molecular weight excluding hydrogens is 292 g/mol. The Labute approximate surface area is 129 Å². The molecule has 0 aliphatic heterocycles. The van der Waals surface area contributed by atoms with Gasteiger partial charge >= 0.3 is 5.97 Å². The highest BCUT2D eigenvalue weighted by Crippen LogP contribution is 2.32. The Bertz CT molecular complexity index is 574. The number of ketones is 1. The summed E-state index contributed by atoms with van der Waals surface area (Å²) < 4.78 is 1.64. The molecule has 116 valence electrons. The molecule has 0 saturated heterocycles. The monoisotopic (exact) mass is 312 g/mol. The van der Waals surface area contributed by atoms with Crippen molar-refractivity contribution in [3.05, 3.63) is 22.5 Å². The molecular formula is C15H21ClN2O3. The molecule has 0 fully saturated rings. The lowest BCUT2D eigenvalue weighted by molar-refractivity contribution is -0.140. The number of carbonyl (C=O) groups is 2. The van der Waals surface area contributed by atoms with Gasteiger partial charge in [-0.2, -0.15) is 5.10 Å². The fraction of sp³-hybridized carbons (Fsp3) is 0.533. The number of aliphatic carboxylic acids is 1. The van der Waals surface area contributed by atoms with Crippen LogP contribution < -0.4 is 0 Å². The fourth-order valence-electron chi connectivity index (χ4n) is 1.97. The van der Waals surface area contributed by atoms with Crippen LogP contribution in [-0.4, -0.2) is 26.6 Å². The summed E-state index contributed by atoms with van der Waals surface area (Å²) >= 11 is 6.14. The number of halogens is 1. The maximum atomic E-state index is 11.4. The number of allylic oxidation sites excluding steroid dienone is 2. The number of carbonyl (C=O) groups excluding carboxylic acids is 1. The van der Waals surface area contributed by atoms with Crippen LogP contribution in [0.3, 0.4) is 0 Å². The number of rotatable bonds is 2. The lowest BCUT2D eigenvalue weighted by Crippen LogP contribution is -2.04. The van der Waals surface area contributed by atoms with Gasteiger partial charge in [0.25, 0.3) is 0 Å². The van der Waals surface area contributed by atoms with Gasteiger partial charge in [-0.25, -0.2) is 0 Å². The topological polar surface area (TPSA) is 72.2 Å². The molecule has 1 N–H and O–H groups in total. The quantitative estimate of drug-likeness (QED) is 0.910. The predicted octanol–water partition coefficient (Wildman–Crippen LogP) is 3.25. The molecule has 2 rings (SSSR count). The molecule has 0 saturated carbocycles. The first kappa shape index (κ1) is 17.4. The molecule has 0 spiro atoms. The van der Waals surface area contributed by atoms with E-state index in [0.29, 0.717) is 18.0 Å². The summed E-state index contributed by atoms with van der Waals surface area (Å²) in [5.74, 6) is -0.688. The van der Waals surface area contributed by atoms with Gasteiger partial charge < -0.3 is 5.11 Å². The second-order valence-corrected chi connectivity index (χ2v) is 5.71. The minimum atomic E-state index is -0.741. The largest absolute Gasteiger partial charge is 0.481 e. The van der Waals surface area contributed by atoms with E-state index in [0.717, 1.165) is 23.3 Å². The van der Waals surface area contributed by atoms with Crippen LogP contribution in [0.2, 0.25) is 5.15 Å². The summed E-state index contributed by atoms with van der Waals surface area (Å²) in [5, 5.41) is 12.9. The van der Waals surface area contributed by atoms with Crippen LogP contribution in [0.5, 0.6) is 0 Å². The van der Waals surface area contributed by atoms with Crippen LogP contribution >= 0.6 is 11.6 Å². The van der Waals surface area contributed by atoms with Gasteiger partial charge in [0.1, 0.15) is 10.9 Å². The molecule has 5 nitrogen and oxygen atoms in total. The molecule has 1 aromatic heterocycles. The third-order valence-electron chi connectivity index (χ3n) is 3.17. The van der Waals surface area contributed by atoms with Crippen LogP contribution in [0.15, 0.2) is 6.08 Å². The number of Topliss-reactive ketones (excluding diaryl/α,β-unsaturated/α-hetero) is 1. The van der Waals surface area contributed by atoms with Crippen LogP contribution in [0, 0.1) is 12.8 Å². The third-order valence-corrected chi connectivity index (χ3v) is 3.60. The Morgan fingerprint density at radius 3 is 2.43 bits per heavy atom. The first-order chi connectivity index (χ1) is 9.73. The first-order valence-corrected chi connectivity index (χ1v) is 7.24. The number of hydrogen-bond donors (Lipinski definition) is 1. The summed E-state index contributed by atoms with van der Waals surface area (Å²) in [6.07, 6.45) is 4.06. The number of aryl methyl sites for hydroxylation is 2. The second-order valence-electron chi connectivity index (χ2n) is 5.35. The summed E-state index contributed by atoms with van der Waals surface area (Å²) in [6, 6.07) is 0. The Morgan fingerprint density at radius 1 is 1.48 bits per heavy atom. The van der Waals surface area contributed by atoms with E-state index < -0.39 is 5.97 Å². The Hall–Kier alpha value is -1.62. The van der Waals surface area contributed by atoms with E-state index in [4.69, 9.17) is 16.7 Å². The Kier molecular flexibility index (Phi) is 6.15. The lowest BCUT2D eigenvalue weighted by Gasteiger charge is -2.11. The van der Waals surface area contributed by atoms with Gasteiger partial charge in [0.05, 0.1) is 11.6 Å². The van der Waals surface area contributed by atoms with Crippen molar-refractivity contribution in [1.82, 2.24) is 9.78 Å². The van der Waals surface area contributed by atoms with Crippen molar-refractivity contribution in [1.29, 1.82) is 0 Å². The van der Waals surface area contributed by atoms with E-state index in [2.05, 4.69) is 11.2 Å². The highest BCUT2D eigenvalue weighted by Gasteiger charge is 2.20. The van der Waals surface area contributed by atoms with Crippen molar-refractivity contribution in [2.24, 2.45) is 13.0 Å². The number of carboxylic acid groups (broad SMARTS) is 1. The molecule has 1 heterocycles. The zero-order chi connectivity index (χ0) is 16.2. The Balaban J connectivity index is 0.000000315. The van der Waals surface area contributed by atoms with Crippen molar-refractivity contribution >= 4 is 28.9 Å². The Morgan fingerprint density at radius 2 is 2.05 bits per heavy atom. The van der Waals surface area contributed by atoms with E-state index in [1.54, 1.807) is 18.5 Å². The van der Waals surface area contributed by atoms with Gasteiger partial charge in [0.2, 0.25) is 0 Å². The van der Waals surface area contributed by atoms with Gasteiger partial charge in [-0.3, -0.25) is 14.3 Å². The van der Waals surface area contributed by atoms with E-state index in [9.17, 15) is 9.59 Å². The number of hydrogen-bond acceptors (Lipinski definition) is 3. The first-order valence-electron chi connectivity index (χ1n) is 6.87. The summed E-state index contributed by atoms with van der Waals surface area (Å²) in [4.78, 5) is 21.1. The van der Waals surface area contributed by atoms with Crippen molar-refractivity contribution in [3.8, 4) is 0 Å². The molecule has 0 atom stereocenters. The summed E-state index contributed by atoms with van der Waals surface area (Å²) in [6.45, 7) is 5.20. The lowest BCUT2D eigenvalue weighted by atomic mass is 9.93. The van der Waals surface area contributed by atoms with E-state index in [-0.39, 0.29) is 11.7 Å². The zero-order valence-corrected chi connectivity index (χ0v) is 13.6. The summed E-state index contributed by atoms with van der Waals surface area (Å²) in [5.41, 5.74) is 2.86. The summed E-state index contributed by atoms with van der Waals surface area (Å²) in [7, 11) is 1.81. The number of nitrogens with zero attached hydrogens (tertiary/aromatic N) is 2. The average molecular weight is 313 g/mol. The maximum absolute atomic E-state index is 11.4. The van der Waals surface area contributed by atoms with Gasteiger partial charge in [0.15, 0.2) is 0 Å². The highest BCUT2D eigenvalue weighted by molar-refractivity contribution is 6.31. The standard InChI is InChI=1S/C11H13ClN2O.C4H8O2/c1-7-10(11(12)14(2)13-7)8-4-3-5-9(15)6-8;1-3(2)4(5)6/h4H,3,5-6H2,1-2H3;3H,1-2H3,(H,5,6). The van der Waals surface area contributed by atoms with E-state index >= 15 is 0 Å². The maximum Gasteiger partial charge on any atom is 0.305 e. The highest BCUT2D eigenvalue weighted by atomic mass is 35.5. The third kappa shape index (κ3) is 4.70. The molecule has 0 bridgehead atoms. The normalized spacial score (nSPS) is 14.6. The SMILES string of the molecule is CC(C)C(=O)O.Cc1nn(C)c(Cl)c1C1=CCCC(=O)C1. The van der Waals surface area contributed by atoms with Gasteiger partial charge in [0, 0.05) is 25.5 Å². The molecule has 21 heavy (non-hydrogen) atoms. The predicted molar refractivity (Wildman–Crippen MR) is 82.3 cm³/mol. The van der Waals surface area contributed by atoms with E-state index in [1.807, 2.05) is 14.0 Å². The van der Waals surface area contributed by atoms with Crippen molar-refractivity contribution < 1.29 is 14.7 Å². The molecule has 1 aliphatic rings.